The van der Waals surface area contributed by atoms with Gasteiger partial charge < -0.3 is 4.74 Å². The van der Waals surface area contributed by atoms with Crippen LogP contribution in [0.3, 0.4) is 0 Å². The van der Waals surface area contributed by atoms with Crippen molar-refractivity contribution in [2.24, 2.45) is 5.92 Å². The number of hydrogen-bond donors (Lipinski definition) is 0. The van der Waals surface area contributed by atoms with E-state index in [-0.39, 0.29) is 18.7 Å². The van der Waals surface area contributed by atoms with Crippen molar-refractivity contribution >= 4 is 15.8 Å². The molecule has 4 rings (SSSR count). The topological polar surface area (TPSA) is 66.9 Å². The monoisotopic (exact) mass is 540 g/mol. The van der Waals surface area contributed by atoms with Gasteiger partial charge in [0.1, 0.15) is 11.5 Å². The Hall–Kier alpha value is -2.22. The largest absolute Gasteiger partial charge is 0.497 e. The molecule has 0 amide bonds. The fourth-order valence-corrected chi connectivity index (χ4v) is 7.79. The van der Waals surface area contributed by atoms with Crippen LogP contribution in [-0.4, -0.2) is 57.2 Å². The van der Waals surface area contributed by atoms with E-state index in [0.29, 0.717) is 40.0 Å². The van der Waals surface area contributed by atoms with Crippen molar-refractivity contribution in [3.05, 3.63) is 58.7 Å². The van der Waals surface area contributed by atoms with Gasteiger partial charge in [0.2, 0.25) is 10.0 Å². The van der Waals surface area contributed by atoms with Gasteiger partial charge in [0, 0.05) is 33.0 Å². The molecule has 1 aliphatic carbocycles. The first-order chi connectivity index (χ1) is 18.2. The van der Waals surface area contributed by atoms with Gasteiger partial charge in [0.15, 0.2) is 0 Å². The molecule has 1 aliphatic heterocycles. The Morgan fingerprint density at radius 3 is 2.18 bits per heavy atom. The van der Waals surface area contributed by atoms with E-state index in [2.05, 4.69) is 29.2 Å². The second-order valence-corrected chi connectivity index (χ2v) is 13.3. The van der Waals surface area contributed by atoms with Crippen LogP contribution in [0.5, 0.6) is 5.75 Å². The van der Waals surface area contributed by atoms with Crippen LogP contribution in [0.15, 0.2) is 41.3 Å². The number of sulfonamides is 1. The summed E-state index contributed by atoms with van der Waals surface area (Å²) in [5.74, 6) is 1.78. The Morgan fingerprint density at radius 1 is 1.00 bits per heavy atom. The summed E-state index contributed by atoms with van der Waals surface area (Å²) in [5.41, 5.74) is 4.13. The van der Waals surface area contributed by atoms with Crippen LogP contribution >= 0.6 is 0 Å². The highest BCUT2D eigenvalue weighted by Crippen LogP contribution is 2.37. The highest BCUT2D eigenvalue weighted by molar-refractivity contribution is 7.89. The van der Waals surface area contributed by atoms with Gasteiger partial charge >= 0.3 is 0 Å². The first-order valence-electron chi connectivity index (χ1n) is 14.1. The number of nitrogens with zero attached hydrogens (tertiary/aromatic N) is 2. The zero-order valence-corrected chi connectivity index (χ0v) is 24.4. The summed E-state index contributed by atoms with van der Waals surface area (Å²) in [5, 5.41) is 0. The predicted molar refractivity (Wildman–Crippen MR) is 152 cm³/mol. The van der Waals surface area contributed by atoms with Gasteiger partial charge in [-0.2, -0.15) is 0 Å². The van der Waals surface area contributed by atoms with Gasteiger partial charge in [0.25, 0.3) is 0 Å². The Morgan fingerprint density at radius 2 is 1.61 bits per heavy atom. The summed E-state index contributed by atoms with van der Waals surface area (Å²) in [6.07, 6.45) is 7.81. The number of Topliss-reactive ketones (excluding diaryl/α,β-unsaturated/α-hetero) is 1. The molecule has 1 saturated carbocycles. The minimum absolute atomic E-state index is 0.157. The number of carbonyl (C=O) groups excluding carboxylic acids is 1. The lowest BCUT2D eigenvalue weighted by molar-refractivity contribution is -0.120. The summed E-state index contributed by atoms with van der Waals surface area (Å²) in [6, 6.07) is 12.7. The first kappa shape index (κ1) is 28.8. The van der Waals surface area contributed by atoms with Crippen molar-refractivity contribution in [3.63, 3.8) is 0 Å². The number of aryl methyl sites for hydroxylation is 2. The van der Waals surface area contributed by atoms with E-state index in [1.165, 1.54) is 41.4 Å². The number of carbonyl (C=O) groups is 1. The molecule has 2 aromatic carbocycles. The van der Waals surface area contributed by atoms with Gasteiger partial charge in [-0.3, -0.25) is 9.69 Å². The smallest absolute Gasteiger partial charge is 0.243 e. The molecule has 0 atom stereocenters. The zero-order chi connectivity index (χ0) is 27.3. The average molecular weight is 541 g/mol. The van der Waals surface area contributed by atoms with Gasteiger partial charge in [-0.25, -0.2) is 12.7 Å². The quantitative estimate of drug-likeness (QED) is 0.358. The van der Waals surface area contributed by atoms with Gasteiger partial charge in [-0.05, 0) is 112 Å². The molecule has 2 fully saturated rings. The van der Waals surface area contributed by atoms with Crippen LogP contribution in [0.4, 0.5) is 0 Å². The highest BCUT2D eigenvalue weighted by atomic mass is 32.2. The van der Waals surface area contributed by atoms with Crippen molar-refractivity contribution < 1.29 is 17.9 Å². The third-order valence-electron chi connectivity index (χ3n) is 8.46. The van der Waals surface area contributed by atoms with E-state index in [1.54, 1.807) is 40.1 Å². The molecule has 0 N–H and O–H groups in total. The van der Waals surface area contributed by atoms with E-state index in [0.717, 1.165) is 32.2 Å². The number of rotatable bonds is 11. The summed E-state index contributed by atoms with van der Waals surface area (Å²) < 4.78 is 33.0. The van der Waals surface area contributed by atoms with Crippen LogP contribution in [0.25, 0.3) is 0 Å². The van der Waals surface area contributed by atoms with E-state index in [4.69, 9.17) is 4.74 Å². The van der Waals surface area contributed by atoms with Crippen LogP contribution in [0.1, 0.15) is 79.5 Å². The second kappa shape index (κ2) is 12.8. The van der Waals surface area contributed by atoms with Crippen LogP contribution in [0.2, 0.25) is 0 Å². The minimum atomic E-state index is -3.68. The maximum Gasteiger partial charge on any atom is 0.243 e. The zero-order valence-electron chi connectivity index (χ0n) is 23.5. The maximum absolute atomic E-state index is 13.2. The standard InChI is InChI=1S/C31H44N2O4S/c1-23-19-30(37-4)20-24(2)31(23)38(35,36)32(3)18-15-29(34)21-25-7-11-27(12-8-25)28-13-9-26(10-14-28)22-33-16-5-6-17-33/h9-10,13-14,19-20,25,27H,5-8,11-12,15-18,21-22H2,1-4H3. The molecule has 0 bridgehead atoms. The van der Waals surface area contributed by atoms with Crippen molar-refractivity contribution in [2.45, 2.75) is 82.6 Å². The maximum atomic E-state index is 13.2. The second-order valence-electron chi connectivity index (χ2n) is 11.4. The number of benzene rings is 2. The Kier molecular flexibility index (Phi) is 9.66. The highest BCUT2D eigenvalue weighted by Gasteiger charge is 2.27. The lowest BCUT2D eigenvalue weighted by Crippen LogP contribution is -2.30. The molecule has 208 valence electrons. The average Bonchev–Trinajstić information content (AvgIpc) is 3.40. The molecule has 38 heavy (non-hydrogen) atoms. The molecule has 2 aliphatic rings. The molecule has 0 radical (unpaired) electrons. The van der Waals surface area contributed by atoms with Gasteiger partial charge in [0.05, 0.1) is 12.0 Å². The summed E-state index contributed by atoms with van der Waals surface area (Å²) in [6.45, 7) is 7.26. The van der Waals surface area contributed by atoms with E-state index >= 15 is 0 Å². The van der Waals surface area contributed by atoms with Crippen LogP contribution in [-0.2, 0) is 21.4 Å². The van der Waals surface area contributed by atoms with Gasteiger partial charge in [-0.1, -0.05) is 24.3 Å². The fraction of sp³-hybridized carbons (Fsp3) is 0.581. The Labute approximate surface area is 229 Å². The molecule has 1 heterocycles. The van der Waals surface area contributed by atoms with Gasteiger partial charge in [-0.15, -0.1) is 0 Å². The molecule has 1 saturated heterocycles. The molecule has 0 spiro atoms. The fourth-order valence-electron chi connectivity index (χ4n) is 6.21. The van der Waals surface area contributed by atoms with Crippen molar-refractivity contribution in [2.75, 3.05) is 33.8 Å². The molecule has 6 nitrogen and oxygen atoms in total. The van der Waals surface area contributed by atoms with E-state index < -0.39 is 10.0 Å². The Bertz CT molecular complexity index is 1170. The third-order valence-corrected chi connectivity index (χ3v) is 10.6. The number of hydrogen-bond acceptors (Lipinski definition) is 5. The van der Waals surface area contributed by atoms with Crippen molar-refractivity contribution in [3.8, 4) is 5.75 Å². The van der Waals surface area contributed by atoms with E-state index in [9.17, 15) is 13.2 Å². The number of likely N-dealkylation sites (tertiary alicyclic amines) is 1. The molecule has 0 unspecified atom stereocenters. The number of ketones is 1. The van der Waals surface area contributed by atoms with Crippen molar-refractivity contribution in [1.29, 1.82) is 0 Å². The van der Waals surface area contributed by atoms with Crippen molar-refractivity contribution in [1.82, 2.24) is 9.21 Å². The van der Waals surface area contributed by atoms with Crippen LogP contribution in [0, 0.1) is 19.8 Å². The van der Waals surface area contributed by atoms with Crippen LogP contribution < -0.4 is 4.74 Å². The number of methoxy groups -OCH3 is 1. The number of ether oxygens (including phenoxy) is 1. The summed E-state index contributed by atoms with van der Waals surface area (Å²) >= 11 is 0. The molecule has 7 heteroatoms. The first-order valence-corrected chi connectivity index (χ1v) is 15.6. The normalized spacial score (nSPS) is 20.7. The Balaban J connectivity index is 1.23. The lowest BCUT2D eigenvalue weighted by atomic mass is 9.77. The third kappa shape index (κ3) is 7.04. The molecular weight excluding hydrogens is 496 g/mol. The SMILES string of the molecule is COc1cc(C)c(S(=O)(=O)N(C)CCC(=O)CC2CCC(c3ccc(CN4CCCC4)cc3)CC2)c(C)c1. The van der Waals surface area contributed by atoms with E-state index in [1.807, 2.05) is 0 Å². The molecule has 2 aromatic rings. The lowest BCUT2D eigenvalue weighted by Gasteiger charge is -2.29. The summed E-state index contributed by atoms with van der Waals surface area (Å²) in [7, 11) is -0.547. The predicted octanol–water partition coefficient (Wildman–Crippen LogP) is 5.85. The minimum Gasteiger partial charge on any atom is -0.497 e. The molecular formula is C31H44N2O4S. The molecule has 0 aromatic heterocycles. The summed E-state index contributed by atoms with van der Waals surface area (Å²) in [4.78, 5) is 15.6.